The first-order chi connectivity index (χ1) is 6.72. The van der Waals surface area contributed by atoms with E-state index >= 15 is 0 Å². The summed E-state index contributed by atoms with van der Waals surface area (Å²) in [6.45, 7) is 2.47. The van der Waals surface area contributed by atoms with Crippen LogP contribution in [0.25, 0.3) is 0 Å². The Balaban J connectivity index is 2.23. The minimum atomic E-state index is 0.0403. The fraction of sp³-hybridized carbons (Fsp3) is 0.556. The third-order valence-electron chi connectivity index (χ3n) is 1.64. The van der Waals surface area contributed by atoms with E-state index in [4.69, 9.17) is 11.6 Å². The number of nitrogens with zero attached hydrogens (tertiary/aromatic N) is 1. The Morgan fingerprint density at radius 3 is 3.07 bits per heavy atom. The highest BCUT2D eigenvalue weighted by Gasteiger charge is 2.02. The molecule has 3 nitrogen and oxygen atoms in total. The second-order valence-electron chi connectivity index (χ2n) is 2.95. The molecule has 0 saturated carbocycles. The predicted octanol–water partition coefficient (Wildman–Crippen LogP) is 2.09. The number of rotatable bonds is 5. The Morgan fingerprint density at radius 2 is 2.50 bits per heavy atom. The van der Waals surface area contributed by atoms with Gasteiger partial charge in [0.25, 0.3) is 0 Å². The summed E-state index contributed by atoms with van der Waals surface area (Å²) in [7, 11) is 0. The van der Waals surface area contributed by atoms with Gasteiger partial charge in [0, 0.05) is 23.4 Å². The van der Waals surface area contributed by atoms with Crippen molar-refractivity contribution < 1.29 is 4.79 Å². The molecule has 1 N–H and O–H groups in total. The molecule has 0 unspecified atom stereocenters. The van der Waals surface area contributed by atoms with Crippen molar-refractivity contribution in [2.75, 3.05) is 5.88 Å². The fourth-order valence-corrected chi connectivity index (χ4v) is 1.82. The van der Waals surface area contributed by atoms with Crippen molar-refractivity contribution in [3.63, 3.8) is 0 Å². The Kier molecular flexibility index (Phi) is 4.90. The lowest BCUT2D eigenvalue weighted by Crippen LogP contribution is -2.22. The van der Waals surface area contributed by atoms with Gasteiger partial charge in [0.05, 0.1) is 6.54 Å². The van der Waals surface area contributed by atoms with Crippen LogP contribution in [0.4, 0.5) is 0 Å². The van der Waals surface area contributed by atoms with E-state index in [0.717, 1.165) is 17.1 Å². The smallest absolute Gasteiger partial charge is 0.220 e. The third-order valence-corrected chi connectivity index (χ3v) is 2.87. The highest BCUT2D eigenvalue weighted by atomic mass is 35.5. The van der Waals surface area contributed by atoms with Crippen LogP contribution < -0.4 is 5.32 Å². The van der Waals surface area contributed by atoms with Gasteiger partial charge < -0.3 is 5.32 Å². The number of nitrogens with one attached hydrogen (secondary N) is 1. The quantitative estimate of drug-likeness (QED) is 0.790. The molecular formula is C9H13ClN2OS. The molecular weight excluding hydrogens is 220 g/mol. The number of hydrogen-bond donors (Lipinski definition) is 1. The lowest BCUT2D eigenvalue weighted by atomic mass is 10.3. The molecule has 0 spiro atoms. The van der Waals surface area contributed by atoms with E-state index in [9.17, 15) is 4.79 Å². The topological polar surface area (TPSA) is 42.0 Å². The van der Waals surface area contributed by atoms with Crippen LogP contribution in [0.1, 0.15) is 23.5 Å². The summed E-state index contributed by atoms with van der Waals surface area (Å²) in [5.41, 5.74) is 1.00. The van der Waals surface area contributed by atoms with Gasteiger partial charge in [0.15, 0.2) is 0 Å². The molecule has 0 fully saturated rings. The summed E-state index contributed by atoms with van der Waals surface area (Å²) < 4.78 is 0. The van der Waals surface area contributed by atoms with Crippen molar-refractivity contribution in [2.24, 2.45) is 0 Å². The Labute approximate surface area is 92.5 Å². The average molecular weight is 233 g/mol. The molecule has 1 aromatic rings. The van der Waals surface area contributed by atoms with Crippen LogP contribution >= 0.6 is 22.9 Å². The minimum Gasteiger partial charge on any atom is -0.350 e. The monoisotopic (exact) mass is 232 g/mol. The first-order valence-corrected chi connectivity index (χ1v) is 5.87. The zero-order valence-electron chi connectivity index (χ0n) is 8.05. The van der Waals surface area contributed by atoms with Gasteiger partial charge in [0.2, 0.25) is 5.91 Å². The summed E-state index contributed by atoms with van der Waals surface area (Å²) in [6.07, 6.45) is 1.22. The van der Waals surface area contributed by atoms with Crippen LogP contribution in [0.15, 0.2) is 5.38 Å². The molecule has 0 aliphatic carbocycles. The van der Waals surface area contributed by atoms with Crippen molar-refractivity contribution in [3.05, 3.63) is 16.1 Å². The van der Waals surface area contributed by atoms with Crippen molar-refractivity contribution in [1.29, 1.82) is 0 Å². The van der Waals surface area contributed by atoms with Crippen LogP contribution in [-0.4, -0.2) is 16.8 Å². The lowest BCUT2D eigenvalue weighted by molar-refractivity contribution is -0.121. The normalized spacial score (nSPS) is 10.1. The van der Waals surface area contributed by atoms with Gasteiger partial charge in [-0.2, -0.15) is 0 Å². The SMILES string of the molecule is Cc1csc(CNC(=O)CCCCl)n1. The number of hydrogen-bond acceptors (Lipinski definition) is 3. The number of carbonyl (C=O) groups excluding carboxylic acids is 1. The number of thiazole rings is 1. The maximum absolute atomic E-state index is 11.2. The number of alkyl halides is 1. The molecule has 0 radical (unpaired) electrons. The van der Waals surface area contributed by atoms with Crippen LogP contribution in [-0.2, 0) is 11.3 Å². The largest absolute Gasteiger partial charge is 0.350 e. The standard InChI is InChI=1S/C9H13ClN2OS/c1-7-6-14-9(12-7)5-11-8(13)3-2-4-10/h6H,2-5H2,1H3,(H,11,13). The van der Waals surface area contributed by atoms with Crippen LogP contribution in [0.2, 0.25) is 0 Å². The number of halogens is 1. The van der Waals surface area contributed by atoms with Gasteiger partial charge in [-0.05, 0) is 13.3 Å². The molecule has 0 aromatic carbocycles. The molecule has 1 heterocycles. The Morgan fingerprint density at radius 1 is 1.71 bits per heavy atom. The van der Waals surface area contributed by atoms with Crippen molar-refractivity contribution in [2.45, 2.75) is 26.3 Å². The highest BCUT2D eigenvalue weighted by molar-refractivity contribution is 7.09. The molecule has 78 valence electrons. The second kappa shape index (κ2) is 5.98. The van der Waals surface area contributed by atoms with Crippen LogP contribution in [0.3, 0.4) is 0 Å². The van der Waals surface area contributed by atoms with E-state index < -0.39 is 0 Å². The highest BCUT2D eigenvalue weighted by Crippen LogP contribution is 2.07. The number of carbonyl (C=O) groups is 1. The Hall–Kier alpha value is -0.610. The number of aromatic nitrogens is 1. The molecule has 0 aliphatic heterocycles. The van der Waals surface area contributed by atoms with E-state index in [2.05, 4.69) is 10.3 Å². The first-order valence-electron chi connectivity index (χ1n) is 4.46. The maximum atomic E-state index is 11.2. The van der Waals surface area contributed by atoms with Crippen LogP contribution in [0, 0.1) is 6.92 Å². The Bertz CT molecular complexity index is 301. The molecule has 1 rings (SSSR count). The van der Waals surface area contributed by atoms with Gasteiger partial charge in [0.1, 0.15) is 5.01 Å². The third kappa shape index (κ3) is 4.07. The molecule has 1 aromatic heterocycles. The van der Waals surface area contributed by atoms with E-state index in [1.807, 2.05) is 12.3 Å². The summed E-state index contributed by atoms with van der Waals surface area (Å²) in [4.78, 5) is 15.4. The van der Waals surface area contributed by atoms with Gasteiger partial charge >= 0.3 is 0 Å². The van der Waals surface area contributed by atoms with Crippen LogP contribution in [0.5, 0.6) is 0 Å². The second-order valence-corrected chi connectivity index (χ2v) is 4.27. The van der Waals surface area contributed by atoms with E-state index in [-0.39, 0.29) is 5.91 Å². The van der Waals surface area contributed by atoms with Crippen molar-refractivity contribution >= 4 is 28.8 Å². The van der Waals surface area contributed by atoms with Crippen molar-refractivity contribution in [3.8, 4) is 0 Å². The average Bonchev–Trinajstić information content (AvgIpc) is 2.58. The van der Waals surface area contributed by atoms with Crippen molar-refractivity contribution in [1.82, 2.24) is 10.3 Å². The summed E-state index contributed by atoms with van der Waals surface area (Å²) in [5.74, 6) is 0.572. The van der Waals surface area contributed by atoms with Gasteiger partial charge in [-0.1, -0.05) is 0 Å². The molecule has 0 saturated heterocycles. The summed E-state index contributed by atoms with van der Waals surface area (Å²) in [6, 6.07) is 0. The first kappa shape index (κ1) is 11.5. The zero-order valence-corrected chi connectivity index (χ0v) is 9.62. The van der Waals surface area contributed by atoms with Gasteiger partial charge in [-0.15, -0.1) is 22.9 Å². The van der Waals surface area contributed by atoms with E-state index in [0.29, 0.717) is 18.8 Å². The summed E-state index contributed by atoms with van der Waals surface area (Å²) in [5, 5.41) is 5.72. The maximum Gasteiger partial charge on any atom is 0.220 e. The number of aryl methyl sites for hydroxylation is 1. The lowest BCUT2D eigenvalue weighted by Gasteiger charge is -2.00. The molecule has 14 heavy (non-hydrogen) atoms. The predicted molar refractivity (Wildman–Crippen MR) is 58.7 cm³/mol. The number of amides is 1. The fourth-order valence-electron chi connectivity index (χ4n) is 0.974. The zero-order chi connectivity index (χ0) is 10.4. The molecule has 0 bridgehead atoms. The molecule has 0 atom stereocenters. The minimum absolute atomic E-state index is 0.0403. The molecule has 1 amide bonds. The van der Waals surface area contributed by atoms with E-state index in [1.165, 1.54) is 0 Å². The molecule has 5 heteroatoms. The van der Waals surface area contributed by atoms with Gasteiger partial charge in [-0.25, -0.2) is 4.98 Å². The summed E-state index contributed by atoms with van der Waals surface area (Å²) >= 11 is 7.04. The van der Waals surface area contributed by atoms with E-state index in [1.54, 1.807) is 11.3 Å². The molecule has 0 aliphatic rings. The van der Waals surface area contributed by atoms with Gasteiger partial charge in [-0.3, -0.25) is 4.79 Å².